The van der Waals surface area contributed by atoms with E-state index >= 15 is 0 Å². The summed E-state index contributed by atoms with van der Waals surface area (Å²) in [6.45, 7) is 4.72. The van der Waals surface area contributed by atoms with Gasteiger partial charge in [0.1, 0.15) is 11.8 Å². The van der Waals surface area contributed by atoms with Crippen LogP contribution >= 0.6 is 0 Å². The van der Waals surface area contributed by atoms with E-state index in [1.54, 1.807) is 6.92 Å². The third-order valence-corrected chi connectivity index (χ3v) is 2.63. The number of hydrogen-bond donors (Lipinski definition) is 2. The van der Waals surface area contributed by atoms with Gasteiger partial charge in [0, 0.05) is 19.2 Å². The summed E-state index contributed by atoms with van der Waals surface area (Å²) >= 11 is 0. The van der Waals surface area contributed by atoms with Crippen LogP contribution in [0, 0.1) is 11.3 Å². The lowest BCUT2D eigenvalue weighted by Gasteiger charge is -2.13. The molecule has 1 aromatic carbocycles. The van der Waals surface area contributed by atoms with Crippen molar-refractivity contribution >= 4 is 0 Å². The minimum Gasteiger partial charge on any atom is -0.476 e. The Balaban J connectivity index is 2.43. The Kier molecular flexibility index (Phi) is 6.20. The Morgan fingerprint density at radius 3 is 2.56 bits per heavy atom. The first-order chi connectivity index (χ1) is 8.65. The number of aliphatic hydroxyl groups excluding tert-OH is 1. The molecule has 0 aromatic heterocycles. The van der Waals surface area contributed by atoms with Gasteiger partial charge in [-0.05, 0) is 38.0 Å². The third kappa shape index (κ3) is 5.17. The molecule has 0 saturated carbocycles. The molecule has 0 heterocycles. The predicted molar refractivity (Wildman–Crippen MR) is 70.1 cm³/mol. The van der Waals surface area contributed by atoms with Crippen molar-refractivity contribution < 1.29 is 9.84 Å². The van der Waals surface area contributed by atoms with Crippen LogP contribution in [-0.2, 0) is 6.54 Å². The highest BCUT2D eigenvalue weighted by Crippen LogP contribution is 2.13. The number of aliphatic hydroxyl groups is 1. The van der Waals surface area contributed by atoms with Crippen LogP contribution in [-0.4, -0.2) is 23.9 Å². The van der Waals surface area contributed by atoms with Crippen LogP contribution in [0.15, 0.2) is 24.3 Å². The SMILES string of the molecule is CC(CCO)NCc1ccc(OC(C)C#N)cc1. The Labute approximate surface area is 108 Å². The lowest BCUT2D eigenvalue weighted by Crippen LogP contribution is -2.26. The molecule has 18 heavy (non-hydrogen) atoms. The molecule has 0 bridgehead atoms. The van der Waals surface area contributed by atoms with Gasteiger partial charge in [0.05, 0.1) is 0 Å². The van der Waals surface area contributed by atoms with Crippen molar-refractivity contribution in [2.24, 2.45) is 0 Å². The van der Waals surface area contributed by atoms with Crippen LogP contribution in [0.5, 0.6) is 5.75 Å². The van der Waals surface area contributed by atoms with Crippen LogP contribution in [0.4, 0.5) is 0 Å². The molecule has 4 nitrogen and oxygen atoms in total. The molecule has 0 radical (unpaired) electrons. The number of hydrogen-bond acceptors (Lipinski definition) is 4. The van der Waals surface area contributed by atoms with E-state index in [1.807, 2.05) is 37.3 Å². The lowest BCUT2D eigenvalue weighted by atomic mass is 10.2. The van der Waals surface area contributed by atoms with Gasteiger partial charge in [-0.3, -0.25) is 0 Å². The molecule has 1 rings (SSSR count). The molecule has 0 fully saturated rings. The Hall–Kier alpha value is -1.57. The minimum absolute atomic E-state index is 0.201. The zero-order valence-corrected chi connectivity index (χ0v) is 10.9. The topological polar surface area (TPSA) is 65.3 Å². The van der Waals surface area contributed by atoms with Crippen LogP contribution in [0.2, 0.25) is 0 Å². The van der Waals surface area contributed by atoms with Crippen molar-refractivity contribution in [2.75, 3.05) is 6.61 Å². The van der Waals surface area contributed by atoms with Crippen LogP contribution in [0.25, 0.3) is 0 Å². The van der Waals surface area contributed by atoms with E-state index in [0.717, 1.165) is 18.5 Å². The predicted octanol–water partition coefficient (Wildman–Crippen LogP) is 1.84. The number of rotatable bonds is 7. The largest absolute Gasteiger partial charge is 0.476 e. The Morgan fingerprint density at radius 2 is 2.00 bits per heavy atom. The maximum atomic E-state index is 8.79. The normalized spacial score (nSPS) is 13.7. The van der Waals surface area contributed by atoms with Gasteiger partial charge in [-0.1, -0.05) is 12.1 Å². The quantitative estimate of drug-likeness (QED) is 0.772. The summed E-state index contributed by atoms with van der Waals surface area (Å²) in [5, 5.41) is 20.8. The molecule has 1 aromatic rings. The molecule has 2 atom stereocenters. The van der Waals surface area contributed by atoms with E-state index in [0.29, 0.717) is 11.8 Å². The zero-order chi connectivity index (χ0) is 13.4. The fourth-order valence-corrected chi connectivity index (χ4v) is 1.50. The molecule has 0 aliphatic carbocycles. The molecular weight excluding hydrogens is 228 g/mol. The molecular formula is C14H20N2O2. The van der Waals surface area contributed by atoms with Gasteiger partial charge < -0.3 is 15.2 Å². The van der Waals surface area contributed by atoms with E-state index < -0.39 is 6.10 Å². The molecule has 2 unspecified atom stereocenters. The first-order valence-corrected chi connectivity index (χ1v) is 6.15. The smallest absolute Gasteiger partial charge is 0.181 e. The second-order valence-corrected chi connectivity index (χ2v) is 4.33. The molecule has 0 spiro atoms. The maximum Gasteiger partial charge on any atom is 0.181 e. The highest BCUT2D eigenvalue weighted by atomic mass is 16.5. The average molecular weight is 248 g/mol. The standard InChI is InChI=1S/C14H20N2O2/c1-11(7-8-17)16-10-13-3-5-14(6-4-13)18-12(2)9-15/h3-6,11-12,16-17H,7-8,10H2,1-2H3. The summed E-state index contributed by atoms with van der Waals surface area (Å²) < 4.78 is 5.37. The van der Waals surface area contributed by atoms with Gasteiger partial charge in [0.25, 0.3) is 0 Å². The molecule has 0 aliphatic heterocycles. The molecule has 0 saturated heterocycles. The number of nitriles is 1. The van der Waals surface area contributed by atoms with Gasteiger partial charge in [-0.25, -0.2) is 0 Å². The number of benzene rings is 1. The number of nitrogens with zero attached hydrogens (tertiary/aromatic N) is 1. The summed E-state index contributed by atoms with van der Waals surface area (Å²) in [4.78, 5) is 0. The maximum absolute atomic E-state index is 8.79. The average Bonchev–Trinajstić information content (AvgIpc) is 2.38. The van der Waals surface area contributed by atoms with E-state index in [-0.39, 0.29) is 6.61 Å². The highest BCUT2D eigenvalue weighted by Gasteiger charge is 2.03. The number of ether oxygens (including phenoxy) is 1. The summed E-state index contributed by atoms with van der Waals surface area (Å²) in [5.74, 6) is 0.705. The summed E-state index contributed by atoms with van der Waals surface area (Å²) in [6.07, 6.45) is 0.319. The monoisotopic (exact) mass is 248 g/mol. The van der Waals surface area contributed by atoms with Gasteiger partial charge >= 0.3 is 0 Å². The van der Waals surface area contributed by atoms with E-state index in [9.17, 15) is 0 Å². The van der Waals surface area contributed by atoms with E-state index in [2.05, 4.69) is 5.32 Å². The van der Waals surface area contributed by atoms with Gasteiger partial charge in [0.15, 0.2) is 6.10 Å². The van der Waals surface area contributed by atoms with Crippen LogP contribution in [0.3, 0.4) is 0 Å². The van der Waals surface area contributed by atoms with Crippen molar-refractivity contribution in [3.05, 3.63) is 29.8 Å². The van der Waals surface area contributed by atoms with Gasteiger partial charge in [-0.2, -0.15) is 5.26 Å². The van der Waals surface area contributed by atoms with Crippen molar-refractivity contribution in [2.45, 2.75) is 39.0 Å². The lowest BCUT2D eigenvalue weighted by molar-refractivity contribution is 0.268. The fraction of sp³-hybridized carbons (Fsp3) is 0.500. The van der Waals surface area contributed by atoms with Gasteiger partial charge in [-0.15, -0.1) is 0 Å². The van der Waals surface area contributed by atoms with Crippen molar-refractivity contribution in [1.82, 2.24) is 5.32 Å². The third-order valence-electron chi connectivity index (χ3n) is 2.63. The van der Waals surface area contributed by atoms with Crippen molar-refractivity contribution in [3.63, 3.8) is 0 Å². The Morgan fingerprint density at radius 1 is 1.33 bits per heavy atom. The molecule has 2 N–H and O–H groups in total. The van der Waals surface area contributed by atoms with Crippen LogP contribution < -0.4 is 10.1 Å². The molecule has 4 heteroatoms. The van der Waals surface area contributed by atoms with E-state index in [1.165, 1.54) is 0 Å². The second kappa shape index (κ2) is 7.70. The van der Waals surface area contributed by atoms with Gasteiger partial charge in [0.2, 0.25) is 0 Å². The summed E-state index contributed by atoms with van der Waals surface area (Å²) in [6, 6.07) is 9.99. The molecule has 98 valence electrons. The fourth-order valence-electron chi connectivity index (χ4n) is 1.50. The molecule has 0 amide bonds. The first-order valence-electron chi connectivity index (χ1n) is 6.15. The highest BCUT2D eigenvalue weighted by molar-refractivity contribution is 5.27. The van der Waals surface area contributed by atoms with Crippen molar-refractivity contribution in [3.8, 4) is 11.8 Å². The first kappa shape index (κ1) is 14.5. The Bertz CT molecular complexity index is 384. The van der Waals surface area contributed by atoms with Crippen molar-refractivity contribution in [1.29, 1.82) is 5.26 Å². The molecule has 0 aliphatic rings. The van der Waals surface area contributed by atoms with Crippen LogP contribution in [0.1, 0.15) is 25.8 Å². The zero-order valence-electron chi connectivity index (χ0n) is 10.9. The second-order valence-electron chi connectivity index (χ2n) is 4.33. The van der Waals surface area contributed by atoms with E-state index in [4.69, 9.17) is 15.1 Å². The number of nitrogens with one attached hydrogen (secondary N) is 1. The minimum atomic E-state index is -0.432. The summed E-state index contributed by atoms with van der Waals surface area (Å²) in [5.41, 5.74) is 1.15. The summed E-state index contributed by atoms with van der Waals surface area (Å²) in [7, 11) is 0.